The van der Waals surface area contributed by atoms with Gasteiger partial charge in [-0.3, -0.25) is 4.79 Å². The zero-order valence-corrected chi connectivity index (χ0v) is 14.8. The first kappa shape index (κ1) is 19.9. The van der Waals surface area contributed by atoms with Crippen molar-refractivity contribution in [3.05, 3.63) is 59.7 Å². The molecule has 26 heavy (non-hydrogen) atoms. The number of alkyl halides is 3. The van der Waals surface area contributed by atoms with E-state index in [4.69, 9.17) is 0 Å². The third-order valence-corrected chi connectivity index (χ3v) is 5.09. The molecule has 0 saturated carbocycles. The molecule has 0 saturated heterocycles. The highest BCUT2D eigenvalue weighted by atomic mass is 32.2. The lowest BCUT2D eigenvalue weighted by atomic mass is 10.1. The van der Waals surface area contributed by atoms with Crippen molar-refractivity contribution in [1.82, 2.24) is 4.72 Å². The number of anilines is 1. The van der Waals surface area contributed by atoms with Crippen LogP contribution in [-0.2, 0) is 21.0 Å². The number of hydrogen-bond donors (Lipinski definition) is 2. The maximum Gasteiger partial charge on any atom is 0.416 e. The van der Waals surface area contributed by atoms with Gasteiger partial charge in [-0.05, 0) is 48.9 Å². The summed E-state index contributed by atoms with van der Waals surface area (Å²) in [6.07, 6.45) is -4.51. The van der Waals surface area contributed by atoms with Gasteiger partial charge in [0.05, 0.1) is 10.5 Å². The number of sulfonamides is 1. The molecule has 0 heterocycles. The van der Waals surface area contributed by atoms with Crippen LogP contribution in [0, 0.1) is 0 Å². The summed E-state index contributed by atoms with van der Waals surface area (Å²) in [6, 6.07) is 9.05. The number of amides is 1. The number of halogens is 3. The SMILES string of the molecule is CC(=O)Nc1ccc(S(=O)(=O)N[C@@H](C)c2cccc(C(F)(F)F)c2)cc1. The van der Waals surface area contributed by atoms with E-state index in [0.717, 1.165) is 12.1 Å². The van der Waals surface area contributed by atoms with E-state index in [1.807, 2.05) is 0 Å². The molecule has 140 valence electrons. The van der Waals surface area contributed by atoms with Gasteiger partial charge in [0.2, 0.25) is 15.9 Å². The molecule has 0 unspecified atom stereocenters. The molecule has 0 bridgehead atoms. The van der Waals surface area contributed by atoms with Crippen molar-refractivity contribution in [2.75, 3.05) is 5.32 Å². The lowest BCUT2D eigenvalue weighted by Gasteiger charge is -2.16. The third-order valence-electron chi connectivity index (χ3n) is 3.53. The number of hydrogen-bond acceptors (Lipinski definition) is 3. The Kier molecular flexibility index (Phi) is 5.72. The van der Waals surface area contributed by atoms with Crippen molar-refractivity contribution >= 4 is 21.6 Å². The summed E-state index contributed by atoms with van der Waals surface area (Å²) in [6.45, 7) is 2.78. The van der Waals surface area contributed by atoms with Gasteiger partial charge in [0.1, 0.15) is 0 Å². The van der Waals surface area contributed by atoms with E-state index in [9.17, 15) is 26.4 Å². The van der Waals surface area contributed by atoms with Crippen LogP contribution in [0.4, 0.5) is 18.9 Å². The first-order chi connectivity index (χ1) is 12.0. The van der Waals surface area contributed by atoms with Crippen molar-refractivity contribution < 1.29 is 26.4 Å². The van der Waals surface area contributed by atoms with Gasteiger partial charge in [-0.2, -0.15) is 13.2 Å². The van der Waals surface area contributed by atoms with E-state index in [2.05, 4.69) is 10.0 Å². The maximum absolute atomic E-state index is 12.8. The zero-order chi connectivity index (χ0) is 19.5. The van der Waals surface area contributed by atoms with Crippen LogP contribution in [0.15, 0.2) is 53.4 Å². The molecule has 0 aliphatic heterocycles. The predicted octanol–water partition coefficient (Wildman–Crippen LogP) is 3.70. The minimum Gasteiger partial charge on any atom is -0.326 e. The van der Waals surface area contributed by atoms with Gasteiger partial charge in [0, 0.05) is 18.7 Å². The quantitative estimate of drug-likeness (QED) is 0.823. The van der Waals surface area contributed by atoms with E-state index in [0.29, 0.717) is 5.69 Å². The molecule has 0 radical (unpaired) electrons. The normalized spacial score (nSPS) is 13.3. The fraction of sp³-hybridized carbons (Fsp3) is 0.235. The van der Waals surface area contributed by atoms with Gasteiger partial charge in [-0.25, -0.2) is 13.1 Å². The van der Waals surface area contributed by atoms with E-state index in [1.165, 1.54) is 50.2 Å². The van der Waals surface area contributed by atoms with Crippen LogP contribution in [0.3, 0.4) is 0 Å². The minimum absolute atomic E-state index is 0.0644. The molecule has 0 spiro atoms. The first-order valence-electron chi connectivity index (χ1n) is 7.56. The fourth-order valence-electron chi connectivity index (χ4n) is 2.27. The Balaban J connectivity index is 2.19. The largest absolute Gasteiger partial charge is 0.416 e. The highest BCUT2D eigenvalue weighted by Gasteiger charge is 2.31. The van der Waals surface area contributed by atoms with Crippen molar-refractivity contribution in [3.63, 3.8) is 0 Å². The third kappa shape index (κ3) is 5.06. The van der Waals surface area contributed by atoms with Crippen molar-refractivity contribution in [2.24, 2.45) is 0 Å². The van der Waals surface area contributed by atoms with Crippen molar-refractivity contribution in [1.29, 1.82) is 0 Å². The minimum atomic E-state index is -4.51. The Morgan fingerprint density at radius 1 is 1.08 bits per heavy atom. The highest BCUT2D eigenvalue weighted by molar-refractivity contribution is 7.89. The van der Waals surface area contributed by atoms with Crippen LogP contribution >= 0.6 is 0 Å². The summed E-state index contributed by atoms with van der Waals surface area (Å²) in [4.78, 5) is 10.9. The molecular weight excluding hydrogens is 369 g/mol. The molecule has 5 nitrogen and oxygen atoms in total. The lowest BCUT2D eigenvalue weighted by Crippen LogP contribution is -2.27. The van der Waals surface area contributed by atoms with Crippen LogP contribution in [0.25, 0.3) is 0 Å². The topological polar surface area (TPSA) is 75.3 Å². The molecule has 2 aromatic carbocycles. The van der Waals surface area contributed by atoms with Gasteiger partial charge in [0.25, 0.3) is 0 Å². The summed E-state index contributed by atoms with van der Waals surface area (Å²) >= 11 is 0. The second-order valence-electron chi connectivity index (χ2n) is 5.67. The fourth-order valence-corrected chi connectivity index (χ4v) is 3.51. The van der Waals surface area contributed by atoms with Crippen LogP contribution in [-0.4, -0.2) is 14.3 Å². The summed E-state index contributed by atoms with van der Waals surface area (Å²) in [5.41, 5.74) is -0.221. The van der Waals surface area contributed by atoms with Gasteiger partial charge >= 0.3 is 6.18 Å². The van der Waals surface area contributed by atoms with Crippen LogP contribution in [0.5, 0.6) is 0 Å². The molecule has 0 aromatic heterocycles. The van der Waals surface area contributed by atoms with Crippen molar-refractivity contribution in [3.8, 4) is 0 Å². The monoisotopic (exact) mass is 386 g/mol. The predicted molar refractivity (Wildman–Crippen MR) is 90.9 cm³/mol. The van der Waals surface area contributed by atoms with Gasteiger partial charge < -0.3 is 5.32 Å². The summed E-state index contributed by atoms with van der Waals surface area (Å²) < 4.78 is 65.5. The van der Waals surface area contributed by atoms with Gasteiger partial charge in [-0.15, -0.1) is 0 Å². The molecule has 0 fully saturated rings. The first-order valence-corrected chi connectivity index (χ1v) is 9.04. The number of rotatable bonds is 5. The molecular formula is C17H17F3N2O3S. The smallest absolute Gasteiger partial charge is 0.326 e. The Bertz CT molecular complexity index is 894. The Hall–Kier alpha value is -2.39. The Morgan fingerprint density at radius 2 is 1.69 bits per heavy atom. The second kappa shape index (κ2) is 7.46. The molecule has 1 amide bonds. The zero-order valence-electron chi connectivity index (χ0n) is 14.0. The molecule has 0 aliphatic rings. The molecule has 0 aliphatic carbocycles. The number of nitrogens with one attached hydrogen (secondary N) is 2. The lowest BCUT2D eigenvalue weighted by molar-refractivity contribution is -0.137. The second-order valence-corrected chi connectivity index (χ2v) is 7.39. The summed E-state index contributed by atoms with van der Waals surface area (Å²) in [5.74, 6) is -0.295. The van der Waals surface area contributed by atoms with E-state index < -0.39 is 27.8 Å². The van der Waals surface area contributed by atoms with Crippen LogP contribution < -0.4 is 10.0 Å². The Morgan fingerprint density at radius 3 is 2.23 bits per heavy atom. The average molecular weight is 386 g/mol. The van der Waals surface area contributed by atoms with Crippen LogP contribution in [0.2, 0.25) is 0 Å². The standard InChI is InChI=1S/C17H17F3N2O3S/c1-11(13-4-3-5-14(10-13)17(18,19)20)22-26(24,25)16-8-6-15(7-9-16)21-12(2)23/h3-11,22H,1-2H3,(H,21,23)/t11-/m0/s1. The number of benzene rings is 2. The summed E-state index contributed by atoms with van der Waals surface area (Å²) in [5, 5.41) is 2.51. The molecule has 2 rings (SSSR count). The molecule has 2 N–H and O–H groups in total. The molecule has 9 heteroatoms. The number of carbonyl (C=O) groups is 1. The summed E-state index contributed by atoms with van der Waals surface area (Å²) in [7, 11) is -3.95. The van der Waals surface area contributed by atoms with E-state index >= 15 is 0 Å². The number of carbonyl (C=O) groups excluding carboxylic acids is 1. The maximum atomic E-state index is 12.8. The Labute approximate surface area is 149 Å². The van der Waals surface area contributed by atoms with E-state index in [1.54, 1.807) is 0 Å². The molecule has 2 aromatic rings. The average Bonchev–Trinajstić information content (AvgIpc) is 2.53. The highest BCUT2D eigenvalue weighted by Crippen LogP contribution is 2.31. The van der Waals surface area contributed by atoms with Gasteiger partial charge in [-0.1, -0.05) is 12.1 Å². The van der Waals surface area contributed by atoms with Gasteiger partial charge in [0.15, 0.2) is 0 Å². The van der Waals surface area contributed by atoms with Crippen LogP contribution in [0.1, 0.15) is 31.0 Å². The molecule has 1 atom stereocenters. The van der Waals surface area contributed by atoms with E-state index in [-0.39, 0.29) is 16.4 Å². The van der Waals surface area contributed by atoms with Crippen molar-refractivity contribution in [2.45, 2.75) is 31.0 Å².